The van der Waals surface area contributed by atoms with E-state index in [4.69, 9.17) is 22.3 Å². The molecule has 1 aliphatic rings. The Morgan fingerprint density at radius 3 is 2.18 bits per heavy atom. The summed E-state index contributed by atoms with van der Waals surface area (Å²) in [6, 6.07) is 3.40. The van der Waals surface area contributed by atoms with Crippen molar-refractivity contribution in [1.82, 2.24) is 0 Å². The molecule has 0 amide bonds. The van der Waals surface area contributed by atoms with Crippen molar-refractivity contribution < 1.29 is 14.7 Å². The maximum Gasteiger partial charge on any atom is 0.321 e. The van der Waals surface area contributed by atoms with Gasteiger partial charge in [-0.15, -0.1) is 11.3 Å². The number of nitrogens with two attached hydrogens (primary N) is 3. The first-order chi connectivity index (χ1) is 10.4. The molecule has 0 spiro atoms. The second kappa shape index (κ2) is 12.3. The summed E-state index contributed by atoms with van der Waals surface area (Å²) in [4.78, 5) is 21.8. The predicted octanol–water partition coefficient (Wildman–Crippen LogP) is 1.50. The predicted molar refractivity (Wildman–Crippen MR) is 90.2 cm³/mol. The highest BCUT2D eigenvalue weighted by Crippen LogP contribution is 2.14. The van der Waals surface area contributed by atoms with Gasteiger partial charge in [-0.1, -0.05) is 19.3 Å². The molecule has 7 N–H and O–H groups in total. The van der Waals surface area contributed by atoms with Gasteiger partial charge in [-0.25, -0.2) is 0 Å². The van der Waals surface area contributed by atoms with Gasteiger partial charge in [-0.05, 0) is 31.9 Å². The average Bonchev–Trinajstić information content (AvgIpc) is 2.94. The van der Waals surface area contributed by atoms with Crippen LogP contribution in [-0.2, 0) is 4.79 Å². The van der Waals surface area contributed by atoms with Crippen LogP contribution in [0.3, 0.4) is 0 Å². The zero-order valence-corrected chi connectivity index (χ0v) is 13.8. The number of aliphatic carboxylic acids is 1. The Balaban J connectivity index is 0.000000302. The Hall–Kier alpha value is -1.28. The van der Waals surface area contributed by atoms with Crippen LogP contribution in [-0.4, -0.2) is 36.0 Å². The van der Waals surface area contributed by atoms with E-state index < -0.39 is 12.0 Å². The van der Waals surface area contributed by atoms with E-state index in [1.165, 1.54) is 48.3 Å². The van der Waals surface area contributed by atoms with Gasteiger partial charge in [0.05, 0.1) is 4.88 Å². The van der Waals surface area contributed by atoms with E-state index in [1.807, 2.05) is 19.1 Å². The third-order valence-electron chi connectivity index (χ3n) is 3.10. The van der Waals surface area contributed by atoms with Gasteiger partial charge in [0.1, 0.15) is 6.04 Å². The number of carboxylic acids is 1. The molecule has 0 unspecified atom stereocenters. The summed E-state index contributed by atoms with van der Waals surface area (Å²) in [7, 11) is 0. The summed E-state index contributed by atoms with van der Waals surface area (Å²) in [6.45, 7) is 1.98. The van der Waals surface area contributed by atoms with E-state index in [2.05, 4.69) is 0 Å². The smallest absolute Gasteiger partial charge is 0.321 e. The second-order valence-corrected chi connectivity index (χ2v) is 6.46. The molecule has 22 heavy (non-hydrogen) atoms. The minimum atomic E-state index is -1.05. The molecular formula is C15H27N3O3S. The Bertz CT molecular complexity index is 431. The molecule has 1 aromatic heterocycles. The van der Waals surface area contributed by atoms with Gasteiger partial charge in [-0.2, -0.15) is 0 Å². The molecule has 0 bridgehead atoms. The van der Waals surface area contributed by atoms with E-state index in [1.54, 1.807) is 0 Å². The van der Waals surface area contributed by atoms with E-state index in [-0.39, 0.29) is 6.54 Å². The highest BCUT2D eigenvalue weighted by Gasteiger charge is 2.06. The van der Waals surface area contributed by atoms with Crippen LogP contribution < -0.4 is 17.2 Å². The molecule has 2 rings (SSSR count). The minimum absolute atomic E-state index is 0.00463. The van der Waals surface area contributed by atoms with Crippen molar-refractivity contribution in [2.24, 2.45) is 17.2 Å². The van der Waals surface area contributed by atoms with Gasteiger partial charge < -0.3 is 22.3 Å². The van der Waals surface area contributed by atoms with Crippen LogP contribution in [0.5, 0.6) is 0 Å². The fraction of sp³-hybridized carbons (Fsp3) is 0.600. The monoisotopic (exact) mass is 329 g/mol. The van der Waals surface area contributed by atoms with Gasteiger partial charge in [0.15, 0.2) is 6.29 Å². The van der Waals surface area contributed by atoms with Crippen molar-refractivity contribution in [3.63, 3.8) is 0 Å². The summed E-state index contributed by atoms with van der Waals surface area (Å²) in [5.74, 6) is -1.05. The van der Waals surface area contributed by atoms with E-state index in [0.717, 1.165) is 11.2 Å². The van der Waals surface area contributed by atoms with Crippen molar-refractivity contribution in [2.75, 3.05) is 6.54 Å². The number of rotatable bonds is 3. The van der Waals surface area contributed by atoms with E-state index in [9.17, 15) is 9.59 Å². The van der Waals surface area contributed by atoms with Gasteiger partial charge in [0, 0.05) is 17.5 Å². The molecule has 1 aromatic rings. The van der Waals surface area contributed by atoms with Crippen molar-refractivity contribution in [3.8, 4) is 0 Å². The number of hydrogen-bond acceptors (Lipinski definition) is 6. The lowest BCUT2D eigenvalue weighted by molar-refractivity contribution is -0.138. The van der Waals surface area contributed by atoms with Crippen LogP contribution in [0.25, 0.3) is 0 Å². The molecule has 1 heterocycles. The van der Waals surface area contributed by atoms with Crippen LogP contribution in [0, 0.1) is 6.92 Å². The number of carbonyl (C=O) groups is 2. The molecule has 1 atom stereocenters. The number of aldehydes is 1. The molecule has 0 aliphatic heterocycles. The molecule has 7 heteroatoms. The van der Waals surface area contributed by atoms with Gasteiger partial charge in [-0.3, -0.25) is 9.59 Å². The quantitative estimate of drug-likeness (QED) is 0.621. The largest absolute Gasteiger partial charge is 0.480 e. The molecular weight excluding hydrogens is 302 g/mol. The number of carbonyl (C=O) groups excluding carboxylic acids is 1. The number of thiophene rings is 1. The molecule has 1 fully saturated rings. The lowest BCUT2D eigenvalue weighted by atomic mass is 9.97. The number of hydrogen-bond donors (Lipinski definition) is 4. The first kappa shape index (κ1) is 20.7. The first-order valence-corrected chi connectivity index (χ1v) is 8.18. The SMILES string of the molecule is Cc1ccc(C=O)s1.NC1CCCCC1.NC[C@H](N)C(=O)O. The Labute approximate surface area is 135 Å². The highest BCUT2D eigenvalue weighted by atomic mass is 32.1. The molecule has 1 aliphatic carbocycles. The summed E-state index contributed by atoms with van der Waals surface area (Å²) in [5, 5.41) is 7.98. The van der Waals surface area contributed by atoms with Crippen molar-refractivity contribution in [1.29, 1.82) is 0 Å². The molecule has 126 valence electrons. The standard InChI is InChI=1S/C6H13N.C6H6OS.C3H8N2O2/c7-6-4-2-1-3-5-6;1-5-2-3-6(4-7)8-5;4-1-2(5)3(6)7/h6H,1-5,7H2;2-4H,1H3;2H,1,4-5H2,(H,6,7)/t;;2-/m..0/s1. The first-order valence-electron chi connectivity index (χ1n) is 7.36. The average molecular weight is 329 g/mol. The second-order valence-electron chi connectivity index (χ2n) is 5.14. The summed E-state index contributed by atoms with van der Waals surface area (Å²) in [6.07, 6.45) is 7.54. The zero-order chi connectivity index (χ0) is 17.0. The molecule has 0 radical (unpaired) electrons. The fourth-order valence-corrected chi connectivity index (χ4v) is 2.44. The Morgan fingerprint density at radius 2 is 2.00 bits per heavy atom. The van der Waals surface area contributed by atoms with E-state index in [0.29, 0.717) is 6.04 Å². The highest BCUT2D eigenvalue weighted by molar-refractivity contribution is 7.13. The minimum Gasteiger partial charge on any atom is -0.480 e. The maximum absolute atomic E-state index is 10.0. The molecule has 0 aromatic carbocycles. The third kappa shape index (κ3) is 10.4. The van der Waals surface area contributed by atoms with Gasteiger partial charge in [0.2, 0.25) is 0 Å². The van der Waals surface area contributed by atoms with Crippen LogP contribution in [0.15, 0.2) is 12.1 Å². The third-order valence-corrected chi connectivity index (χ3v) is 4.02. The van der Waals surface area contributed by atoms with E-state index >= 15 is 0 Å². The van der Waals surface area contributed by atoms with Crippen molar-refractivity contribution in [2.45, 2.75) is 51.1 Å². The summed E-state index contributed by atoms with van der Waals surface area (Å²) >= 11 is 1.52. The normalized spacial score (nSPS) is 15.6. The maximum atomic E-state index is 10.0. The summed E-state index contributed by atoms with van der Waals surface area (Å²) in [5.41, 5.74) is 15.4. The van der Waals surface area contributed by atoms with Gasteiger partial charge in [0.25, 0.3) is 0 Å². The molecule has 0 saturated heterocycles. The fourth-order valence-electron chi connectivity index (χ4n) is 1.75. The Morgan fingerprint density at radius 1 is 1.41 bits per heavy atom. The van der Waals surface area contributed by atoms with Crippen LogP contribution in [0.4, 0.5) is 0 Å². The lowest BCUT2D eigenvalue weighted by Crippen LogP contribution is -2.37. The molecule has 6 nitrogen and oxygen atoms in total. The Kier molecular flexibility index (Phi) is 11.6. The zero-order valence-electron chi connectivity index (χ0n) is 13.0. The van der Waals surface area contributed by atoms with Crippen LogP contribution in [0.1, 0.15) is 46.7 Å². The molecule has 1 saturated carbocycles. The lowest BCUT2D eigenvalue weighted by Gasteiger charge is -2.15. The van der Waals surface area contributed by atoms with Crippen LogP contribution in [0.2, 0.25) is 0 Å². The topological polar surface area (TPSA) is 132 Å². The number of carboxylic acid groups (broad SMARTS) is 1. The van der Waals surface area contributed by atoms with Gasteiger partial charge >= 0.3 is 5.97 Å². The number of aryl methyl sites for hydroxylation is 1. The summed E-state index contributed by atoms with van der Waals surface area (Å²) < 4.78 is 0. The van der Waals surface area contributed by atoms with Crippen molar-refractivity contribution >= 4 is 23.6 Å². The van der Waals surface area contributed by atoms with Crippen molar-refractivity contribution in [3.05, 3.63) is 21.9 Å². The van der Waals surface area contributed by atoms with Crippen LogP contribution >= 0.6 is 11.3 Å².